The van der Waals surface area contributed by atoms with Crippen molar-refractivity contribution in [3.8, 4) is 0 Å². The van der Waals surface area contributed by atoms with Crippen molar-refractivity contribution in [3.63, 3.8) is 0 Å². The predicted molar refractivity (Wildman–Crippen MR) is 73.4 cm³/mol. The van der Waals surface area contributed by atoms with Crippen LogP contribution < -0.4 is 5.32 Å². The molecule has 2 unspecified atom stereocenters. The van der Waals surface area contributed by atoms with Gasteiger partial charge in [0, 0.05) is 10.9 Å². The maximum atomic E-state index is 13.5. The lowest BCUT2D eigenvalue weighted by molar-refractivity contribution is 0.0926. The van der Waals surface area contributed by atoms with Gasteiger partial charge in [-0.25, -0.2) is 8.78 Å². The third-order valence-electron chi connectivity index (χ3n) is 3.44. The van der Waals surface area contributed by atoms with Crippen LogP contribution >= 0.6 is 15.9 Å². The van der Waals surface area contributed by atoms with Crippen LogP contribution in [0.3, 0.4) is 0 Å². The van der Waals surface area contributed by atoms with E-state index in [1.165, 1.54) is 6.07 Å². The molecular weight excluding hydrogens is 316 g/mol. The van der Waals surface area contributed by atoms with Crippen LogP contribution in [0.1, 0.15) is 42.5 Å². The Balaban J connectivity index is 2.12. The largest absolute Gasteiger partial charge is 0.348 e. The van der Waals surface area contributed by atoms with E-state index in [1.807, 2.05) is 0 Å². The molecule has 1 aliphatic rings. The van der Waals surface area contributed by atoms with E-state index in [2.05, 4.69) is 21.2 Å². The molecule has 1 saturated carbocycles. The molecule has 1 aromatic carbocycles. The fraction of sp³-hybridized carbons (Fsp3) is 0.500. The van der Waals surface area contributed by atoms with Gasteiger partial charge < -0.3 is 5.32 Å². The van der Waals surface area contributed by atoms with Crippen molar-refractivity contribution in [1.29, 1.82) is 0 Å². The molecule has 0 radical (unpaired) electrons. The molecular formula is C14H16BrF2NO. The van der Waals surface area contributed by atoms with E-state index in [-0.39, 0.29) is 10.9 Å². The summed E-state index contributed by atoms with van der Waals surface area (Å²) >= 11 is 3.54. The standard InChI is InChI=1S/C14H16BrF2NO/c15-9-5-2-1-3-8-12(9)18-14(19)13-10(16)6-4-7-11(13)17/h4,6-7,9,12H,1-3,5,8H2,(H,18,19). The Morgan fingerprint density at radius 3 is 2.47 bits per heavy atom. The minimum Gasteiger partial charge on any atom is -0.348 e. The zero-order valence-electron chi connectivity index (χ0n) is 10.5. The van der Waals surface area contributed by atoms with Crippen LogP contribution in [0.2, 0.25) is 0 Å². The van der Waals surface area contributed by atoms with E-state index in [0.717, 1.165) is 44.2 Å². The number of nitrogens with one attached hydrogen (secondary N) is 1. The molecule has 2 rings (SSSR count). The topological polar surface area (TPSA) is 29.1 Å². The van der Waals surface area contributed by atoms with E-state index in [9.17, 15) is 13.6 Å². The van der Waals surface area contributed by atoms with Crippen LogP contribution in [0, 0.1) is 11.6 Å². The van der Waals surface area contributed by atoms with Crippen LogP contribution in [-0.4, -0.2) is 16.8 Å². The summed E-state index contributed by atoms with van der Waals surface area (Å²) in [6, 6.07) is 3.36. The Morgan fingerprint density at radius 2 is 1.79 bits per heavy atom. The molecule has 0 aliphatic heterocycles. The Labute approximate surface area is 119 Å². The molecule has 0 spiro atoms. The summed E-state index contributed by atoms with van der Waals surface area (Å²) in [6.07, 6.45) is 5.05. The third kappa shape index (κ3) is 3.53. The minimum absolute atomic E-state index is 0.0750. The maximum Gasteiger partial charge on any atom is 0.257 e. The van der Waals surface area contributed by atoms with E-state index in [0.29, 0.717) is 0 Å². The van der Waals surface area contributed by atoms with Crippen LogP contribution in [0.25, 0.3) is 0 Å². The van der Waals surface area contributed by atoms with Gasteiger partial charge in [-0.3, -0.25) is 4.79 Å². The number of hydrogen-bond donors (Lipinski definition) is 1. The molecule has 1 N–H and O–H groups in total. The van der Waals surface area contributed by atoms with Gasteiger partial charge in [-0.05, 0) is 25.0 Å². The summed E-state index contributed by atoms with van der Waals surface area (Å²) in [6.45, 7) is 0. The molecule has 0 bridgehead atoms. The fourth-order valence-corrected chi connectivity index (χ4v) is 3.10. The van der Waals surface area contributed by atoms with Gasteiger partial charge in [0.05, 0.1) is 0 Å². The monoisotopic (exact) mass is 331 g/mol. The number of rotatable bonds is 2. The molecule has 104 valence electrons. The summed E-state index contributed by atoms with van der Waals surface area (Å²) in [5.41, 5.74) is -0.494. The van der Waals surface area contributed by atoms with Crippen molar-refractivity contribution < 1.29 is 13.6 Å². The third-order valence-corrected chi connectivity index (χ3v) is 4.53. The summed E-state index contributed by atoms with van der Waals surface area (Å²) in [5, 5.41) is 2.74. The van der Waals surface area contributed by atoms with Gasteiger partial charge >= 0.3 is 0 Å². The fourth-order valence-electron chi connectivity index (χ4n) is 2.38. The Hall–Kier alpha value is -0.970. The molecule has 5 heteroatoms. The highest BCUT2D eigenvalue weighted by Gasteiger charge is 2.25. The van der Waals surface area contributed by atoms with Crippen molar-refractivity contribution in [2.45, 2.75) is 43.0 Å². The lowest BCUT2D eigenvalue weighted by Gasteiger charge is -2.21. The van der Waals surface area contributed by atoms with Gasteiger partial charge in [0.1, 0.15) is 17.2 Å². The lowest BCUT2D eigenvalue weighted by atomic mass is 10.1. The van der Waals surface area contributed by atoms with E-state index in [4.69, 9.17) is 0 Å². The first-order valence-corrected chi connectivity index (χ1v) is 7.40. The first kappa shape index (κ1) is 14.4. The molecule has 1 amide bonds. The number of halogens is 3. The highest BCUT2D eigenvalue weighted by Crippen LogP contribution is 2.24. The van der Waals surface area contributed by atoms with Crippen molar-refractivity contribution >= 4 is 21.8 Å². The summed E-state index contributed by atoms with van der Waals surface area (Å²) < 4.78 is 27.0. The van der Waals surface area contributed by atoms with Crippen LogP contribution in [0.4, 0.5) is 8.78 Å². The van der Waals surface area contributed by atoms with Gasteiger partial charge in [0.2, 0.25) is 0 Å². The highest BCUT2D eigenvalue weighted by molar-refractivity contribution is 9.09. The van der Waals surface area contributed by atoms with Crippen molar-refractivity contribution in [1.82, 2.24) is 5.32 Å². The summed E-state index contributed by atoms with van der Waals surface area (Å²) in [5.74, 6) is -2.32. The zero-order chi connectivity index (χ0) is 13.8. The quantitative estimate of drug-likeness (QED) is 0.648. The van der Waals surface area contributed by atoms with Crippen LogP contribution in [0.15, 0.2) is 18.2 Å². The number of hydrogen-bond acceptors (Lipinski definition) is 1. The molecule has 0 aromatic heterocycles. The summed E-state index contributed by atoms with van der Waals surface area (Å²) in [7, 11) is 0. The van der Waals surface area contributed by atoms with Crippen molar-refractivity contribution in [3.05, 3.63) is 35.4 Å². The van der Waals surface area contributed by atoms with Crippen molar-refractivity contribution in [2.24, 2.45) is 0 Å². The number of amides is 1. The van der Waals surface area contributed by atoms with Gasteiger partial charge in [-0.15, -0.1) is 0 Å². The second kappa shape index (κ2) is 6.46. The Morgan fingerprint density at radius 1 is 1.16 bits per heavy atom. The molecule has 0 heterocycles. The molecule has 0 saturated heterocycles. The molecule has 1 fully saturated rings. The van der Waals surface area contributed by atoms with Crippen LogP contribution in [0.5, 0.6) is 0 Å². The number of benzene rings is 1. The Bertz CT molecular complexity index is 447. The van der Waals surface area contributed by atoms with Gasteiger partial charge in [-0.1, -0.05) is 41.3 Å². The highest BCUT2D eigenvalue weighted by atomic mass is 79.9. The summed E-state index contributed by atoms with van der Waals surface area (Å²) in [4.78, 5) is 12.2. The predicted octanol–water partition coefficient (Wildman–Crippen LogP) is 3.79. The van der Waals surface area contributed by atoms with Gasteiger partial charge in [0.25, 0.3) is 5.91 Å². The first-order valence-electron chi connectivity index (χ1n) is 6.48. The zero-order valence-corrected chi connectivity index (χ0v) is 12.1. The number of alkyl halides is 1. The second-order valence-corrected chi connectivity index (χ2v) is 6.01. The molecule has 1 aromatic rings. The van der Waals surface area contributed by atoms with E-state index < -0.39 is 23.1 Å². The number of carbonyl (C=O) groups excluding carboxylic acids is 1. The minimum atomic E-state index is -0.822. The Kier molecular flexibility index (Phi) is 4.91. The molecule has 19 heavy (non-hydrogen) atoms. The molecule has 2 atom stereocenters. The average molecular weight is 332 g/mol. The van der Waals surface area contributed by atoms with E-state index in [1.54, 1.807) is 0 Å². The lowest BCUT2D eigenvalue weighted by Crippen LogP contribution is -2.41. The van der Waals surface area contributed by atoms with Crippen molar-refractivity contribution in [2.75, 3.05) is 0 Å². The number of carbonyl (C=O) groups is 1. The molecule has 1 aliphatic carbocycles. The smallest absolute Gasteiger partial charge is 0.257 e. The first-order chi connectivity index (χ1) is 9.09. The normalized spacial score (nSPS) is 23.7. The second-order valence-electron chi connectivity index (χ2n) is 4.83. The van der Waals surface area contributed by atoms with E-state index >= 15 is 0 Å². The van der Waals surface area contributed by atoms with Gasteiger partial charge in [-0.2, -0.15) is 0 Å². The van der Waals surface area contributed by atoms with Gasteiger partial charge in [0.15, 0.2) is 0 Å². The average Bonchev–Trinajstić information content (AvgIpc) is 2.55. The SMILES string of the molecule is O=C(NC1CCCCCC1Br)c1c(F)cccc1F. The maximum absolute atomic E-state index is 13.5. The molecule has 2 nitrogen and oxygen atoms in total. The van der Waals surface area contributed by atoms with Crippen LogP contribution in [-0.2, 0) is 0 Å².